The molecule has 1 aliphatic heterocycles. The minimum atomic E-state index is -0.105. The fraction of sp³-hybridized carbons (Fsp3) is 0.526. The average Bonchev–Trinajstić information content (AvgIpc) is 3.07. The van der Waals surface area contributed by atoms with Crippen molar-refractivity contribution in [3.63, 3.8) is 0 Å². The maximum Gasteiger partial charge on any atom is 0.223 e. The van der Waals surface area contributed by atoms with E-state index in [0.29, 0.717) is 18.9 Å². The second kappa shape index (κ2) is 5.66. The van der Waals surface area contributed by atoms with Crippen molar-refractivity contribution in [1.82, 2.24) is 19.9 Å². The van der Waals surface area contributed by atoms with Crippen molar-refractivity contribution in [3.05, 3.63) is 40.6 Å². The summed E-state index contributed by atoms with van der Waals surface area (Å²) in [7, 11) is 0. The van der Waals surface area contributed by atoms with Crippen molar-refractivity contribution in [2.75, 3.05) is 0 Å². The Hall–Kier alpha value is -1.69. The van der Waals surface area contributed by atoms with Gasteiger partial charge in [-0.3, -0.25) is 4.79 Å². The molecule has 1 amide bonds. The third-order valence-corrected chi connectivity index (χ3v) is 7.13. The molecule has 1 aliphatic carbocycles. The van der Waals surface area contributed by atoms with E-state index in [0.717, 1.165) is 28.7 Å². The molecular formula is C19H23BrN4O. The van der Waals surface area contributed by atoms with E-state index in [2.05, 4.69) is 47.0 Å². The molecular weight excluding hydrogens is 380 g/mol. The Bertz CT molecular complexity index is 830. The Morgan fingerprint density at radius 3 is 2.88 bits per heavy atom. The van der Waals surface area contributed by atoms with Gasteiger partial charge in [-0.2, -0.15) is 0 Å². The number of nitrogens with zero attached hydrogens (tertiary/aromatic N) is 4. The highest BCUT2D eigenvalue weighted by molar-refractivity contribution is 9.10. The topological polar surface area (TPSA) is 51.0 Å². The SMILES string of the molecule is CC1(C)[C@H]2CC[C@]1(C)N(Cc1cn(-c3cccc(Br)c3)nn1)C(=O)C2. The molecule has 2 bridgehead atoms. The lowest BCUT2D eigenvalue weighted by atomic mass is 9.66. The zero-order valence-electron chi connectivity index (χ0n) is 14.9. The van der Waals surface area contributed by atoms with Crippen LogP contribution < -0.4 is 0 Å². The highest BCUT2D eigenvalue weighted by Crippen LogP contribution is 2.57. The van der Waals surface area contributed by atoms with Crippen LogP contribution in [0.1, 0.15) is 45.7 Å². The van der Waals surface area contributed by atoms with Gasteiger partial charge >= 0.3 is 0 Å². The van der Waals surface area contributed by atoms with E-state index < -0.39 is 0 Å². The molecule has 2 aromatic rings. The third kappa shape index (κ3) is 2.53. The molecule has 0 unspecified atom stereocenters. The molecule has 132 valence electrons. The second-order valence-electron chi connectivity index (χ2n) is 8.05. The Morgan fingerprint density at radius 1 is 1.32 bits per heavy atom. The predicted molar refractivity (Wildman–Crippen MR) is 99.1 cm³/mol. The lowest BCUT2D eigenvalue weighted by molar-refractivity contribution is -0.152. The molecule has 0 spiro atoms. The first-order valence-corrected chi connectivity index (χ1v) is 9.58. The standard InChI is InChI=1S/C19H23BrN4O/c1-18(2)13-7-8-19(18,3)23(17(25)9-13)11-15-12-24(22-21-15)16-6-4-5-14(20)10-16/h4-6,10,12-13H,7-9,11H2,1-3H3/t13-,19-/m0/s1. The summed E-state index contributed by atoms with van der Waals surface area (Å²) < 4.78 is 2.76. The fourth-order valence-electron chi connectivity index (χ4n) is 4.55. The molecule has 25 heavy (non-hydrogen) atoms. The van der Waals surface area contributed by atoms with Crippen LogP contribution in [0.3, 0.4) is 0 Å². The largest absolute Gasteiger partial charge is 0.331 e. The van der Waals surface area contributed by atoms with Crippen LogP contribution in [0.25, 0.3) is 5.69 Å². The summed E-state index contributed by atoms with van der Waals surface area (Å²) in [5, 5.41) is 8.56. The second-order valence-corrected chi connectivity index (χ2v) is 8.97. The molecule has 1 saturated heterocycles. The molecule has 4 rings (SSSR count). The summed E-state index contributed by atoms with van der Waals surface area (Å²) in [5.41, 5.74) is 1.81. The van der Waals surface area contributed by atoms with Gasteiger partial charge in [0.2, 0.25) is 5.91 Å². The monoisotopic (exact) mass is 402 g/mol. The number of hydrogen-bond acceptors (Lipinski definition) is 3. The summed E-state index contributed by atoms with van der Waals surface area (Å²) in [5.74, 6) is 0.750. The number of rotatable bonds is 3. The first-order chi connectivity index (χ1) is 11.8. The molecule has 2 atom stereocenters. The summed E-state index contributed by atoms with van der Waals surface area (Å²) in [4.78, 5) is 14.8. The Morgan fingerprint density at radius 2 is 2.12 bits per heavy atom. The number of halogens is 1. The Balaban J connectivity index is 1.61. The molecule has 2 fully saturated rings. The van der Waals surface area contributed by atoms with Crippen molar-refractivity contribution < 1.29 is 4.79 Å². The van der Waals surface area contributed by atoms with Crippen molar-refractivity contribution in [1.29, 1.82) is 0 Å². The zero-order chi connectivity index (χ0) is 17.8. The van der Waals surface area contributed by atoms with Gasteiger partial charge in [-0.25, -0.2) is 4.68 Å². The van der Waals surface area contributed by atoms with Crippen LogP contribution in [0.2, 0.25) is 0 Å². The van der Waals surface area contributed by atoms with Gasteiger partial charge in [0.25, 0.3) is 0 Å². The minimum Gasteiger partial charge on any atom is -0.331 e. The molecule has 2 aliphatic rings. The van der Waals surface area contributed by atoms with Crippen molar-refractivity contribution in [3.8, 4) is 5.69 Å². The maximum absolute atomic E-state index is 12.7. The van der Waals surface area contributed by atoms with Gasteiger partial charge in [0.1, 0.15) is 5.69 Å². The Kier molecular flexibility index (Phi) is 3.79. The summed E-state index contributed by atoms with van der Waals surface area (Å²) in [6.07, 6.45) is 4.78. The van der Waals surface area contributed by atoms with Gasteiger partial charge in [0.15, 0.2) is 0 Å². The molecule has 1 aromatic heterocycles. The van der Waals surface area contributed by atoms with E-state index in [1.807, 2.05) is 35.4 Å². The van der Waals surface area contributed by atoms with E-state index in [4.69, 9.17) is 0 Å². The van der Waals surface area contributed by atoms with Crippen LogP contribution in [0.4, 0.5) is 0 Å². The van der Waals surface area contributed by atoms with Crippen LogP contribution in [0, 0.1) is 11.3 Å². The quantitative estimate of drug-likeness (QED) is 0.780. The molecule has 5 nitrogen and oxygen atoms in total. The van der Waals surface area contributed by atoms with Crippen molar-refractivity contribution >= 4 is 21.8 Å². The third-order valence-electron chi connectivity index (χ3n) is 6.64. The van der Waals surface area contributed by atoms with Gasteiger partial charge in [0, 0.05) is 16.4 Å². The first-order valence-electron chi connectivity index (χ1n) is 8.79. The summed E-state index contributed by atoms with van der Waals surface area (Å²) in [6.45, 7) is 7.38. The van der Waals surface area contributed by atoms with Crippen molar-refractivity contribution in [2.24, 2.45) is 11.3 Å². The molecule has 1 saturated carbocycles. The van der Waals surface area contributed by atoms with Gasteiger partial charge in [-0.15, -0.1) is 5.10 Å². The number of carbonyl (C=O) groups excluding carboxylic acids is 1. The average molecular weight is 403 g/mol. The number of aromatic nitrogens is 3. The van der Waals surface area contributed by atoms with E-state index in [-0.39, 0.29) is 16.9 Å². The maximum atomic E-state index is 12.7. The summed E-state index contributed by atoms with van der Waals surface area (Å²) in [6, 6.07) is 7.93. The van der Waals surface area contributed by atoms with Crippen LogP contribution in [-0.2, 0) is 11.3 Å². The van der Waals surface area contributed by atoms with Crippen molar-refractivity contribution in [2.45, 2.75) is 52.1 Å². The predicted octanol–water partition coefficient (Wildman–Crippen LogP) is 3.96. The molecule has 6 heteroatoms. The van der Waals surface area contributed by atoms with Crippen LogP contribution >= 0.6 is 15.9 Å². The number of likely N-dealkylation sites (tertiary alicyclic amines) is 1. The fourth-order valence-corrected chi connectivity index (χ4v) is 4.94. The van der Waals surface area contributed by atoms with E-state index >= 15 is 0 Å². The lowest BCUT2D eigenvalue weighted by Crippen LogP contribution is -2.60. The van der Waals surface area contributed by atoms with Gasteiger partial charge in [0.05, 0.1) is 18.4 Å². The smallest absolute Gasteiger partial charge is 0.223 e. The van der Waals surface area contributed by atoms with E-state index in [1.165, 1.54) is 0 Å². The summed E-state index contributed by atoms with van der Waals surface area (Å²) >= 11 is 3.48. The normalized spacial score (nSPS) is 27.8. The molecule has 1 aromatic carbocycles. The number of amides is 1. The number of benzene rings is 1. The van der Waals surface area contributed by atoms with Crippen LogP contribution in [0.5, 0.6) is 0 Å². The highest BCUT2D eigenvalue weighted by Gasteiger charge is 2.59. The minimum absolute atomic E-state index is 0.105. The highest BCUT2D eigenvalue weighted by atomic mass is 79.9. The first kappa shape index (κ1) is 16.8. The van der Waals surface area contributed by atoms with Gasteiger partial charge in [-0.05, 0) is 49.3 Å². The van der Waals surface area contributed by atoms with E-state index in [9.17, 15) is 4.79 Å². The molecule has 0 radical (unpaired) electrons. The molecule has 0 N–H and O–H groups in total. The number of piperidine rings is 1. The van der Waals surface area contributed by atoms with Gasteiger partial charge in [-0.1, -0.05) is 41.1 Å². The Labute approximate surface area is 156 Å². The lowest BCUT2D eigenvalue weighted by Gasteiger charge is -2.52. The van der Waals surface area contributed by atoms with Crippen LogP contribution in [-0.4, -0.2) is 31.3 Å². The van der Waals surface area contributed by atoms with E-state index in [1.54, 1.807) is 4.68 Å². The number of carbonyl (C=O) groups is 1. The number of hydrogen-bond donors (Lipinski definition) is 0. The molecule has 2 heterocycles. The van der Waals surface area contributed by atoms with Gasteiger partial charge < -0.3 is 4.90 Å². The zero-order valence-corrected chi connectivity index (χ0v) is 16.5. The number of fused-ring (bicyclic) bond motifs is 2. The van der Waals surface area contributed by atoms with Crippen LogP contribution in [0.15, 0.2) is 34.9 Å².